The third kappa shape index (κ3) is 4.62. The average molecular weight is 397 g/mol. The fraction of sp³-hybridized carbons (Fsp3) is 0.278. The maximum atomic E-state index is 2.34. The van der Waals surface area contributed by atoms with Crippen molar-refractivity contribution in [3.05, 3.63) is 59.7 Å². The molecule has 0 N–H and O–H groups in total. The molecule has 2 aromatic rings. The molecule has 0 bridgehead atoms. The molecule has 0 heterocycles. The van der Waals surface area contributed by atoms with E-state index in [1.807, 2.05) is 0 Å². The summed E-state index contributed by atoms with van der Waals surface area (Å²) < 4.78 is 0. The molecule has 0 aromatic heterocycles. The van der Waals surface area contributed by atoms with Gasteiger partial charge in [-0.25, -0.2) is 0 Å². The van der Waals surface area contributed by atoms with Crippen LogP contribution in [0.15, 0.2) is 54.1 Å². The Morgan fingerprint density at radius 1 is 1.14 bits per heavy atom. The summed E-state index contributed by atoms with van der Waals surface area (Å²) >= 11 is 0. The molecule has 1 aliphatic rings. The van der Waals surface area contributed by atoms with Crippen LogP contribution in [-0.4, -0.2) is 0 Å². The Morgan fingerprint density at radius 3 is 2.62 bits per heavy atom. The first kappa shape index (κ1) is 20.8. The smallest absolute Gasteiger partial charge is 1.00 e. The van der Waals surface area contributed by atoms with Gasteiger partial charge in [-0.1, -0.05) is 61.3 Å². The van der Waals surface area contributed by atoms with Gasteiger partial charge in [0.2, 0.25) is 0 Å². The third-order valence-corrected chi connectivity index (χ3v) is 3.79. The molecule has 0 unspecified atom stereocenters. The molecule has 3 rings (SSSR count). The number of hydrogen-bond acceptors (Lipinski definition) is 0. The van der Waals surface area contributed by atoms with Crippen LogP contribution < -0.4 is 24.8 Å². The van der Waals surface area contributed by atoms with Gasteiger partial charge in [-0.2, -0.15) is 0 Å². The second kappa shape index (κ2) is 9.72. The van der Waals surface area contributed by atoms with Crippen molar-refractivity contribution in [3.63, 3.8) is 0 Å². The summed E-state index contributed by atoms with van der Waals surface area (Å²) in [5, 5.41) is 2.73. The van der Waals surface area contributed by atoms with E-state index in [0.717, 1.165) is 6.42 Å². The number of benzene rings is 1. The van der Waals surface area contributed by atoms with E-state index in [9.17, 15) is 0 Å². The monoisotopic (exact) mass is 395 g/mol. The van der Waals surface area contributed by atoms with E-state index in [1.165, 1.54) is 35.6 Å². The Morgan fingerprint density at radius 2 is 1.90 bits per heavy atom. The summed E-state index contributed by atoms with van der Waals surface area (Å²) in [5.74, 6) is 0. The first-order valence-corrected chi connectivity index (χ1v) is 6.93. The number of unbranched alkanes of at least 4 members (excludes halogenated alkanes) is 1. The Labute approximate surface area is 159 Å². The molecule has 0 saturated heterocycles. The molecule has 0 spiro atoms. The number of hydrogen-bond donors (Lipinski definition) is 0. The minimum Gasteiger partial charge on any atom is -1.00 e. The van der Waals surface area contributed by atoms with Gasteiger partial charge >= 0.3 is 26.2 Å². The van der Waals surface area contributed by atoms with Crippen molar-refractivity contribution in [3.8, 4) is 0 Å². The van der Waals surface area contributed by atoms with E-state index in [-0.39, 0.29) is 51.0 Å². The first-order chi connectivity index (χ1) is 8.88. The van der Waals surface area contributed by atoms with Gasteiger partial charge in [-0.05, 0) is 12.8 Å². The molecule has 3 heteroatoms. The molecule has 2 aromatic carbocycles. The van der Waals surface area contributed by atoms with Crippen LogP contribution in [0.25, 0.3) is 16.3 Å². The zero-order valence-electron chi connectivity index (χ0n) is 12.2. The zero-order chi connectivity index (χ0) is 12.4. The van der Waals surface area contributed by atoms with E-state index >= 15 is 0 Å². The van der Waals surface area contributed by atoms with E-state index in [4.69, 9.17) is 0 Å². The van der Waals surface area contributed by atoms with Crippen LogP contribution in [-0.2, 0) is 26.2 Å². The third-order valence-electron chi connectivity index (χ3n) is 3.79. The molecule has 0 fully saturated rings. The van der Waals surface area contributed by atoms with Crippen LogP contribution >= 0.6 is 0 Å². The first-order valence-electron chi connectivity index (χ1n) is 6.93. The molecule has 0 saturated carbocycles. The maximum absolute atomic E-state index is 2.34. The molecular weight excluding hydrogens is 378 g/mol. The molecular formula is C18H19Cl2Zr. The Kier molecular flexibility index (Phi) is 9.62. The van der Waals surface area contributed by atoms with E-state index in [0.29, 0.717) is 0 Å². The summed E-state index contributed by atoms with van der Waals surface area (Å²) in [6.45, 7) is 2.26. The van der Waals surface area contributed by atoms with Gasteiger partial charge in [-0.3, -0.25) is 0 Å². The molecule has 0 nitrogen and oxygen atoms in total. The van der Waals surface area contributed by atoms with Crippen molar-refractivity contribution in [1.82, 2.24) is 0 Å². The largest absolute Gasteiger partial charge is 3.00 e. The van der Waals surface area contributed by atoms with Gasteiger partial charge in [0, 0.05) is 0 Å². The SMILES string of the molecule is CCCCC1=C(c2cc3ccccc3[cH-]2)CC=C1.[Cl-].[Cl-].[Zr+3]. The fourth-order valence-corrected chi connectivity index (χ4v) is 2.78. The molecule has 1 radical (unpaired) electrons. The predicted octanol–water partition coefficient (Wildman–Crippen LogP) is -0.532. The van der Waals surface area contributed by atoms with Crippen LogP contribution in [0.3, 0.4) is 0 Å². The summed E-state index contributed by atoms with van der Waals surface area (Å²) in [4.78, 5) is 0. The zero-order valence-corrected chi connectivity index (χ0v) is 16.2. The van der Waals surface area contributed by atoms with E-state index in [1.54, 1.807) is 11.1 Å². The summed E-state index contributed by atoms with van der Waals surface area (Å²) in [5.41, 5.74) is 4.51. The van der Waals surface area contributed by atoms with Crippen molar-refractivity contribution >= 4 is 16.3 Å². The van der Waals surface area contributed by atoms with E-state index in [2.05, 4.69) is 55.5 Å². The number of fused-ring (bicyclic) bond motifs is 1. The van der Waals surface area contributed by atoms with Crippen molar-refractivity contribution < 1.29 is 51.0 Å². The molecule has 109 valence electrons. The van der Waals surface area contributed by atoms with Crippen LogP contribution in [0.1, 0.15) is 38.2 Å². The van der Waals surface area contributed by atoms with Crippen LogP contribution in [0.4, 0.5) is 0 Å². The van der Waals surface area contributed by atoms with Gasteiger partial charge < -0.3 is 24.8 Å². The minimum absolute atomic E-state index is 0. The van der Waals surface area contributed by atoms with Crippen LogP contribution in [0, 0.1) is 0 Å². The van der Waals surface area contributed by atoms with Gasteiger partial charge in [0.05, 0.1) is 0 Å². The van der Waals surface area contributed by atoms with E-state index < -0.39 is 0 Å². The molecule has 0 aliphatic heterocycles. The maximum Gasteiger partial charge on any atom is 3.00 e. The molecule has 21 heavy (non-hydrogen) atoms. The quantitative estimate of drug-likeness (QED) is 0.609. The number of allylic oxidation sites excluding steroid dienone is 4. The topological polar surface area (TPSA) is 0 Å². The number of halogens is 2. The Balaban J connectivity index is 0.00000133. The molecule has 0 amide bonds. The van der Waals surface area contributed by atoms with Crippen LogP contribution in [0.5, 0.6) is 0 Å². The van der Waals surface area contributed by atoms with Crippen molar-refractivity contribution in [2.45, 2.75) is 32.6 Å². The Hall–Kier alpha value is -0.227. The number of rotatable bonds is 4. The summed E-state index contributed by atoms with van der Waals surface area (Å²) in [6, 6.07) is 13.3. The van der Waals surface area contributed by atoms with Gasteiger partial charge in [-0.15, -0.1) is 34.5 Å². The standard InChI is InChI=1S/C18H19.2ClH.Zr/c1-2-3-7-14-10-6-11-18(14)17-12-15-8-4-5-9-16(15)13-17;;;/h4-6,8-10,12-13H,2-3,7,11H2,1H3;2*1H;/q-1;;;+3/p-2. The summed E-state index contributed by atoms with van der Waals surface area (Å²) in [6.07, 6.45) is 9.52. The second-order valence-electron chi connectivity index (χ2n) is 5.09. The van der Waals surface area contributed by atoms with Crippen molar-refractivity contribution in [1.29, 1.82) is 0 Å². The predicted molar refractivity (Wildman–Crippen MR) is 79.7 cm³/mol. The van der Waals surface area contributed by atoms with Crippen LogP contribution in [0.2, 0.25) is 0 Å². The van der Waals surface area contributed by atoms with Crippen molar-refractivity contribution in [2.24, 2.45) is 0 Å². The Bertz CT molecular complexity index is 590. The van der Waals surface area contributed by atoms with Gasteiger partial charge in [0.25, 0.3) is 0 Å². The second-order valence-corrected chi connectivity index (χ2v) is 5.09. The van der Waals surface area contributed by atoms with Crippen molar-refractivity contribution in [2.75, 3.05) is 0 Å². The molecule has 1 aliphatic carbocycles. The average Bonchev–Trinajstić information content (AvgIpc) is 3.01. The fourth-order valence-electron chi connectivity index (χ4n) is 2.78. The van der Waals surface area contributed by atoms with Gasteiger partial charge in [0.15, 0.2) is 0 Å². The normalized spacial score (nSPS) is 12.8. The minimum atomic E-state index is 0. The van der Waals surface area contributed by atoms with Gasteiger partial charge in [0.1, 0.15) is 0 Å². The molecule has 0 atom stereocenters. The summed E-state index contributed by atoms with van der Waals surface area (Å²) in [7, 11) is 0.